The van der Waals surface area contributed by atoms with E-state index in [1.165, 1.54) is 22.5 Å². The van der Waals surface area contributed by atoms with Crippen LogP contribution >= 0.6 is 23.2 Å². The Morgan fingerprint density at radius 1 is 0.970 bits per heavy atom. The van der Waals surface area contributed by atoms with Gasteiger partial charge >= 0.3 is 0 Å². The SMILES string of the molecule is Cc1ccc(Cl)cc1N1CCN(C(=O)COc2ccc(S(=O)(=O)N3CCCC3)cc2Cl)CC1. The molecule has 33 heavy (non-hydrogen) atoms. The molecule has 4 rings (SSSR count). The normalized spacial score (nSPS) is 17.4. The van der Waals surface area contributed by atoms with Crippen LogP contribution < -0.4 is 9.64 Å². The average molecular weight is 512 g/mol. The topological polar surface area (TPSA) is 70.2 Å². The molecule has 2 aromatic carbocycles. The third-order valence-electron chi connectivity index (χ3n) is 6.10. The molecule has 178 valence electrons. The summed E-state index contributed by atoms with van der Waals surface area (Å²) >= 11 is 12.4. The molecule has 0 spiro atoms. The Morgan fingerprint density at radius 2 is 1.67 bits per heavy atom. The summed E-state index contributed by atoms with van der Waals surface area (Å²) in [7, 11) is -3.56. The van der Waals surface area contributed by atoms with E-state index in [9.17, 15) is 13.2 Å². The first-order valence-corrected chi connectivity index (χ1v) is 13.2. The van der Waals surface area contributed by atoms with E-state index in [0.717, 1.165) is 24.1 Å². The summed E-state index contributed by atoms with van der Waals surface area (Å²) < 4.78 is 32.5. The predicted molar refractivity (Wildman–Crippen MR) is 130 cm³/mol. The first kappa shape index (κ1) is 24.1. The third-order valence-corrected chi connectivity index (χ3v) is 8.53. The third kappa shape index (κ3) is 5.40. The van der Waals surface area contributed by atoms with Crippen molar-refractivity contribution in [3.05, 3.63) is 52.0 Å². The van der Waals surface area contributed by atoms with Crippen molar-refractivity contribution in [2.24, 2.45) is 0 Å². The molecule has 0 aliphatic carbocycles. The maximum atomic E-state index is 12.7. The fourth-order valence-electron chi connectivity index (χ4n) is 4.19. The molecule has 0 N–H and O–H groups in total. The standard InChI is InChI=1S/C23H27Cl2N3O4S/c1-17-4-5-18(24)14-21(17)26-10-12-27(13-11-26)23(29)16-32-22-7-6-19(15-20(22)25)33(30,31)28-8-2-3-9-28/h4-7,14-15H,2-3,8-13,16H2,1H3. The Hall–Kier alpha value is -2.00. The van der Waals surface area contributed by atoms with E-state index in [1.54, 1.807) is 4.90 Å². The van der Waals surface area contributed by atoms with E-state index in [-0.39, 0.29) is 22.4 Å². The minimum Gasteiger partial charge on any atom is -0.482 e. The number of hydrogen-bond acceptors (Lipinski definition) is 5. The largest absolute Gasteiger partial charge is 0.482 e. The number of hydrogen-bond donors (Lipinski definition) is 0. The van der Waals surface area contributed by atoms with Gasteiger partial charge < -0.3 is 14.5 Å². The summed E-state index contributed by atoms with van der Waals surface area (Å²) in [5.74, 6) is 0.154. The number of amides is 1. The molecule has 2 fully saturated rings. The monoisotopic (exact) mass is 511 g/mol. The number of carbonyl (C=O) groups excluding carboxylic acids is 1. The number of ether oxygens (including phenoxy) is 1. The second kappa shape index (κ2) is 10.1. The summed E-state index contributed by atoms with van der Waals surface area (Å²) in [6.45, 7) is 5.50. The first-order chi connectivity index (χ1) is 15.8. The van der Waals surface area contributed by atoms with Crippen LogP contribution in [0.15, 0.2) is 41.3 Å². The Morgan fingerprint density at radius 3 is 2.33 bits per heavy atom. The van der Waals surface area contributed by atoms with Gasteiger partial charge in [0.2, 0.25) is 10.0 Å². The molecule has 0 aromatic heterocycles. The van der Waals surface area contributed by atoms with Crippen LogP contribution in [0, 0.1) is 6.92 Å². The fraction of sp³-hybridized carbons (Fsp3) is 0.435. The molecule has 2 heterocycles. The van der Waals surface area contributed by atoms with Gasteiger partial charge in [0.15, 0.2) is 6.61 Å². The predicted octanol–water partition coefficient (Wildman–Crippen LogP) is 3.81. The lowest BCUT2D eigenvalue weighted by molar-refractivity contribution is -0.133. The van der Waals surface area contributed by atoms with Crippen LogP contribution in [-0.2, 0) is 14.8 Å². The van der Waals surface area contributed by atoms with Gasteiger partial charge in [0, 0.05) is 50.0 Å². The van der Waals surface area contributed by atoms with Crippen molar-refractivity contribution in [3.8, 4) is 5.75 Å². The molecule has 1 amide bonds. The van der Waals surface area contributed by atoms with Gasteiger partial charge in [-0.2, -0.15) is 4.31 Å². The summed E-state index contributed by atoms with van der Waals surface area (Å²) in [6.07, 6.45) is 1.73. The molecule has 0 saturated carbocycles. The van der Waals surface area contributed by atoms with E-state index in [2.05, 4.69) is 4.90 Å². The molecule has 2 aliphatic heterocycles. The number of carbonyl (C=O) groups is 1. The smallest absolute Gasteiger partial charge is 0.260 e. The van der Waals surface area contributed by atoms with E-state index >= 15 is 0 Å². The summed E-state index contributed by atoms with van der Waals surface area (Å²) in [5.41, 5.74) is 2.23. The number of anilines is 1. The maximum Gasteiger partial charge on any atom is 0.260 e. The van der Waals surface area contributed by atoms with Crippen molar-refractivity contribution < 1.29 is 17.9 Å². The van der Waals surface area contributed by atoms with E-state index in [1.807, 2.05) is 25.1 Å². The highest BCUT2D eigenvalue weighted by molar-refractivity contribution is 7.89. The minimum absolute atomic E-state index is 0.137. The average Bonchev–Trinajstić information content (AvgIpc) is 3.36. The number of nitrogens with zero attached hydrogens (tertiary/aromatic N) is 3. The Labute approximate surface area is 204 Å². The molecule has 7 nitrogen and oxygen atoms in total. The van der Waals surface area contributed by atoms with Gasteiger partial charge in [-0.05, 0) is 55.7 Å². The van der Waals surface area contributed by atoms with Gasteiger partial charge in [-0.15, -0.1) is 0 Å². The van der Waals surface area contributed by atoms with Gasteiger partial charge in [-0.1, -0.05) is 29.3 Å². The van der Waals surface area contributed by atoms with E-state index < -0.39 is 10.0 Å². The van der Waals surface area contributed by atoms with E-state index in [4.69, 9.17) is 27.9 Å². The van der Waals surface area contributed by atoms with Gasteiger partial charge in [0.1, 0.15) is 5.75 Å². The van der Waals surface area contributed by atoms with Crippen LogP contribution in [0.1, 0.15) is 18.4 Å². The van der Waals surface area contributed by atoms with Crippen molar-refractivity contribution >= 4 is 44.8 Å². The molecular weight excluding hydrogens is 485 g/mol. The molecular formula is C23H27Cl2N3O4S. The van der Waals surface area contributed by atoms with Crippen LogP contribution in [0.4, 0.5) is 5.69 Å². The molecule has 0 radical (unpaired) electrons. The summed E-state index contributed by atoms with van der Waals surface area (Å²) in [4.78, 5) is 16.8. The molecule has 2 aromatic rings. The van der Waals surface area contributed by atoms with Crippen molar-refractivity contribution in [1.82, 2.24) is 9.21 Å². The lowest BCUT2D eigenvalue weighted by atomic mass is 10.1. The summed E-state index contributed by atoms with van der Waals surface area (Å²) in [5, 5.41) is 0.864. The number of sulfonamides is 1. The van der Waals surface area contributed by atoms with Crippen molar-refractivity contribution in [1.29, 1.82) is 0 Å². The molecule has 0 unspecified atom stereocenters. The van der Waals surface area contributed by atoms with Crippen LogP contribution in [-0.4, -0.2) is 69.4 Å². The van der Waals surface area contributed by atoms with E-state index in [0.29, 0.717) is 50.0 Å². The molecule has 0 bridgehead atoms. The highest BCUT2D eigenvalue weighted by Gasteiger charge is 2.28. The van der Waals surface area contributed by atoms with Crippen molar-refractivity contribution in [2.45, 2.75) is 24.7 Å². The number of benzene rings is 2. The Balaban J connectivity index is 1.32. The number of rotatable bonds is 6. The Bertz CT molecular complexity index is 1130. The highest BCUT2D eigenvalue weighted by atomic mass is 35.5. The van der Waals surface area contributed by atoms with Gasteiger partial charge in [-0.3, -0.25) is 4.79 Å². The van der Waals surface area contributed by atoms with Crippen molar-refractivity contribution in [3.63, 3.8) is 0 Å². The quantitative estimate of drug-likeness (QED) is 0.589. The molecule has 0 atom stereocenters. The number of aryl methyl sites for hydroxylation is 1. The lowest BCUT2D eigenvalue weighted by Crippen LogP contribution is -2.50. The molecule has 10 heteroatoms. The van der Waals surface area contributed by atoms with Gasteiger partial charge in [0.05, 0.1) is 9.92 Å². The Kier molecular flexibility index (Phi) is 7.38. The lowest BCUT2D eigenvalue weighted by Gasteiger charge is -2.36. The fourth-order valence-corrected chi connectivity index (χ4v) is 6.20. The number of halogens is 2. The summed E-state index contributed by atoms with van der Waals surface area (Å²) in [6, 6.07) is 10.2. The zero-order valence-corrected chi connectivity index (χ0v) is 20.8. The highest BCUT2D eigenvalue weighted by Crippen LogP contribution is 2.30. The van der Waals surface area contributed by atoms with Crippen LogP contribution in [0.25, 0.3) is 0 Å². The van der Waals surface area contributed by atoms with Crippen LogP contribution in [0.2, 0.25) is 10.0 Å². The number of piperazine rings is 1. The minimum atomic E-state index is -3.56. The van der Waals surface area contributed by atoms with Gasteiger partial charge in [-0.25, -0.2) is 8.42 Å². The maximum absolute atomic E-state index is 12.7. The first-order valence-electron chi connectivity index (χ1n) is 11.0. The van der Waals surface area contributed by atoms with Crippen molar-refractivity contribution in [2.75, 3.05) is 50.8 Å². The zero-order valence-electron chi connectivity index (χ0n) is 18.5. The van der Waals surface area contributed by atoms with Gasteiger partial charge in [0.25, 0.3) is 5.91 Å². The second-order valence-electron chi connectivity index (χ2n) is 8.29. The van der Waals surface area contributed by atoms with Crippen LogP contribution in [0.3, 0.4) is 0 Å². The molecule has 2 aliphatic rings. The second-order valence-corrected chi connectivity index (χ2v) is 11.1. The van der Waals surface area contributed by atoms with Crippen LogP contribution in [0.5, 0.6) is 5.75 Å². The zero-order chi connectivity index (χ0) is 23.6. The molecule has 2 saturated heterocycles.